The fourth-order valence-corrected chi connectivity index (χ4v) is 2.14. The van der Waals surface area contributed by atoms with Crippen LogP contribution in [0.2, 0.25) is 0 Å². The van der Waals surface area contributed by atoms with Gasteiger partial charge in [0, 0.05) is 12.1 Å². The Balaban J connectivity index is 2.21. The number of aliphatic hydroxyl groups is 1. The maximum absolute atomic E-state index is 13.0. The summed E-state index contributed by atoms with van der Waals surface area (Å²) in [6.07, 6.45) is 1.69. The SMILES string of the molecule is Nc1cc(C(=O)N2CCC[C@H]2CO)ccc1F. The third-order valence-corrected chi connectivity index (χ3v) is 3.09. The number of hydrogen-bond acceptors (Lipinski definition) is 3. The van der Waals surface area contributed by atoms with Crippen LogP contribution in [0.15, 0.2) is 18.2 Å². The quantitative estimate of drug-likeness (QED) is 0.755. The second-order valence-corrected chi connectivity index (χ2v) is 4.21. The predicted molar refractivity (Wildman–Crippen MR) is 62.0 cm³/mol. The van der Waals surface area contributed by atoms with E-state index < -0.39 is 5.82 Å². The zero-order valence-corrected chi connectivity index (χ0v) is 9.40. The molecule has 0 bridgehead atoms. The maximum atomic E-state index is 13.0. The minimum absolute atomic E-state index is 0.0319. The number of nitrogens with zero attached hydrogens (tertiary/aromatic N) is 1. The van der Waals surface area contributed by atoms with Crippen LogP contribution in [0.3, 0.4) is 0 Å². The van der Waals surface area contributed by atoms with E-state index in [9.17, 15) is 9.18 Å². The van der Waals surface area contributed by atoms with Crippen LogP contribution in [-0.4, -0.2) is 35.1 Å². The monoisotopic (exact) mass is 238 g/mol. The number of carbonyl (C=O) groups excluding carboxylic acids is 1. The Labute approximate surface area is 98.8 Å². The van der Waals surface area contributed by atoms with Crippen molar-refractivity contribution in [1.29, 1.82) is 0 Å². The highest BCUT2D eigenvalue weighted by Gasteiger charge is 2.28. The molecule has 1 aliphatic rings. The summed E-state index contributed by atoms with van der Waals surface area (Å²) in [4.78, 5) is 13.7. The minimum Gasteiger partial charge on any atom is -0.396 e. The normalized spacial score (nSPS) is 19.6. The van der Waals surface area contributed by atoms with Gasteiger partial charge in [0.1, 0.15) is 5.82 Å². The molecule has 0 aromatic heterocycles. The molecule has 17 heavy (non-hydrogen) atoms. The molecule has 1 aromatic rings. The molecule has 1 atom stereocenters. The first-order valence-electron chi connectivity index (χ1n) is 5.60. The third-order valence-electron chi connectivity index (χ3n) is 3.09. The summed E-state index contributed by atoms with van der Waals surface area (Å²) < 4.78 is 13.0. The van der Waals surface area contributed by atoms with Crippen molar-refractivity contribution < 1.29 is 14.3 Å². The van der Waals surface area contributed by atoms with E-state index in [-0.39, 0.29) is 24.2 Å². The van der Waals surface area contributed by atoms with Gasteiger partial charge in [-0.15, -0.1) is 0 Å². The highest BCUT2D eigenvalue weighted by molar-refractivity contribution is 5.95. The summed E-state index contributed by atoms with van der Waals surface area (Å²) in [6, 6.07) is 3.81. The Bertz CT molecular complexity index is 437. The summed E-state index contributed by atoms with van der Waals surface area (Å²) in [5, 5.41) is 9.15. The van der Waals surface area contributed by atoms with E-state index in [0.29, 0.717) is 12.1 Å². The molecular formula is C12H15FN2O2. The lowest BCUT2D eigenvalue weighted by Crippen LogP contribution is -2.37. The highest BCUT2D eigenvalue weighted by atomic mass is 19.1. The average Bonchev–Trinajstić information content (AvgIpc) is 2.80. The van der Waals surface area contributed by atoms with Crippen LogP contribution in [-0.2, 0) is 0 Å². The number of anilines is 1. The number of hydrogen-bond donors (Lipinski definition) is 2. The first kappa shape index (κ1) is 11.9. The second-order valence-electron chi connectivity index (χ2n) is 4.21. The molecule has 0 aliphatic carbocycles. The van der Waals surface area contributed by atoms with Gasteiger partial charge in [0.2, 0.25) is 0 Å². The molecule has 0 saturated carbocycles. The Morgan fingerprint density at radius 2 is 2.35 bits per heavy atom. The van der Waals surface area contributed by atoms with Crippen LogP contribution in [0.1, 0.15) is 23.2 Å². The third kappa shape index (κ3) is 2.24. The van der Waals surface area contributed by atoms with Crippen molar-refractivity contribution >= 4 is 11.6 Å². The van der Waals surface area contributed by atoms with E-state index in [4.69, 9.17) is 10.8 Å². The van der Waals surface area contributed by atoms with Gasteiger partial charge in [-0.1, -0.05) is 0 Å². The van der Waals surface area contributed by atoms with Crippen molar-refractivity contribution in [2.45, 2.75) is 18.9 Å². The van der Waals surface area contributed by atoms with Crippen LogP contribution in [0.5, 0.6) is 0 Å². The van der Waals surface area contributed by atoms with Crippen molar-refractivity contribution in [3.63, 3.8) is 0 Å². The van der Waals surface area contributed by atoms with Gasteiger partial charge >= 0.3 is 0 Å². The van der Waals surface area contributed by atoms with E-state index >= 15 is 0 Å². The van der Waals surface area contributed by atoms with Gasteiger partial charge in [-0.2, -0.15) is 0 Å². The topological polar surface area (TPSA) is 66.6 Å². The van der Waals surface area contributed by atoms with E-state index in [1.54, 1.807) is 4.90 Å². The maximum Gasteiger partial charge on any atom is 0.254 e. The number of likely N-dealkylation sites (tertiary alicyclic amines) is 1. The molecule has 4 nitrogen and oxygen atoms in total. The number of halogens is 1. The molecule has 92 valence electrons. The minimum atomic E-state index is -0.526. The van der Waals surface area contributed by atoms with E-state index in [1.165, 1.54) is 18.2 Å². The molecule has 3 N–H and O–H groups in total. The van der Waals surface area contributed by atoms with Crippen molar-refractivity contribution in [2.75, 3.05) is 18.9 Å². The van der Waals surface area contributed by atoms with Crippen LogP contribution in [0, 0.1) is 5.82 Å². The van der Waals surface area contributed by atoms with Gasteiger partial charge in [-0.05, 0) is 31.0 Å². The predicted octanol–water partition coefficient (Wildman–Crippen LogP) is 1.00. The lowest BCUT2D eigenvalue weighted by atomic mass is 10.1. The Morgan fingerprint density at radius 1 is 1.59 bits per heavy atom. The summed E-state index contributed by atoms with van der Waals surface area (Å²) in [5.74, 6) is -0.727. The van der Waals surface area contributed by atoms with Gasteiger partial charge in [0.25, 0.3) is 5.91 Å². The van der Waals surface area contributed by atoms with Crippen molar-refractivity contribution in [1.82, 2.24) is 4.90 Å². The molecule has 5 heteroatoms. The van der Waals surface area contributed by atoms with Gasteiger partial charge < -0.3 is 15.7 Å². The standard InChI is InChI=1S/C12H15FN2O2/c13-10-4-3-8(6-11(10)14)12(17)15-5-1-2-9(15)7-16/h3-4,6,9,16H,1-2,5,7,14H2/t9-/m0/s1. The first-order chi connectivity index (χ1) is 8.13. The summed E-state index contributed by atoms with van der Waals surface area (Å²) in [7, 11) is 0. The van der Waals surface area contributed by atoms with Crippen molar-refractivity contribution in [3.8, 4) is 0 Å². The average molecular weight is 238 g/mol. The molecule has 2 rings (SSSR count). The Morgan fingerprint density at radius 3 is 3.00 bits per heavy atom. The van der Waals surface area contributed by atoms with Crippen LogP contribution >= 0.6 is 0 Å². The number of nitrogens with two attached hydrogens (primary N) is 1. The smallest absolute Gasteiger partial charge is 0.254 e. The number of benzene rings is 1. The summed E-state index contributed by atoms with van der Waals surface area (Å²) in [6.45, 7) is 0.587. The van der Waals surface area contributed by atoms with Gasteiger partial charge in [0.05, 0.1) is 18.3 Å². The number of rotatable bonds is 2. The lowest BCUT2D eigenvalue weighted by molar-refractivity contribution is 0.0677. The van der Waals surface area contributed by atoms with Crippen LogP contribution in [0.4, 0.5) is 10.1 Å². The highest BCUT2D eigenvalue weighted by Crippen LogP contribution is 2.21. The fourth-order valence-electron chi connectivity index (χ4n) is 2.14. The second kappa shape index (κ2) is 4.71. The van der Waals surface area contributed by atoms with E-state index in [2.05, 4.69) is 0 Å². The number of nitrogen functional groups attached to an aromatic ring is 1. The zero-order chi connectivity index (χ0) is 12.4. The Kier molecular flexibility index (Phi) is 3.28. The molecule has 1 aliphatic heterocycles. The molecule has 1 amide bonds. The Hall–Kier alpha value is -1.62. The van der Waals surface area contributed by atoms with Gasteiger partial charge in [-0.25, -0.2) is 4.39 Å². The molecule has 0 spiro atoms. The zero-order valence-electron chi connectivity index (χ0n) is 9.40. The van der Waals surface area contributed by atoms with E-state index in [0.717, 1.165) is 12.8 Å². The summed E-state index contributed by atoms with van der Waals surface area (Å²) >= 11 is 0. The van der Waals surface area contributed by atoms with Gasteiger partial charge in [0.15, 0.2) is 0 Å². The van der Waals surface area contributed by atoms with Crippen molar-refractivity contribution in [2.24, 2.45) is 0 Å². The van der Waals surface area contributed by atoms with Gasteiger partial charge in [-0.3, -0.25) is 4.79 Å². The fraction of sp³-hybridized carbons (Fsp3) is 0.417. The summed E-state index contributed by atoms with van der Waals surface area (Å²) in [5.41, 5.74) is 5.76. The molecule has 1 heterocycles. The number of aliphatic hydroxyl groups excluding tert-OH is 1. The molecule has 1 saturated heterocycles. The number of amides is 1. The molecule has 0 unspecified atom stereocenters. The largest absolute Gasteiger partial charge is 0.396 e. The lowest BCUT2D eigenvalue weighted by Gasteiger charge is -2.23. The van der Waals surface area contributed by atoms with Crippen LogP contribution in [0.25, 0.3) is 0 Å². The van der Waals surface area contributed by atoms with Crippen molar-refractivity contribution in [3.05, 3.63) is 29.6 Å². The first-order valence-corrected chi connectivity index (χ1v) is 5.60. The molecular weight excluding hydrogens is 223 g/mol. The number of carbonyl (C=O) groups is 1. The molecule has 0 radical (unpaired) electrons. The van der Waals surface area contributed by atoms with Crippen LogP contribution < -0.4 is 5.73 Å². The van der Waals surface area contributed by atoms with E-state index in [1.807, 2.05) is 0 Å². The molecule has 1 fully saturated rings. The molecule has 1 aromatic carbocycles.